The normalized spacial score (nSPS) is 13.4. The van der Waals surface area contributed by atoms with Crippen LogP contribution in [0.3, 0.4) is 0 Å². The van der Waals surface area contributed by atoms with E-state index in [1.807, 2.05) is 6.92 Å². The Morgan fingerprint density at radius 1 is 1.45 bits per heavy atom. The Morgan fingerprint density at radius 3 is 2.65 bits per heavy atom. The van der Waals surface area contributed by atoms with Gasteiger partial charge in [-0.1, -0.05) is 0 Å². The monoisotopic (exact) mass is 304 g/mol. The molecule has 0 saturated heterocycles. The fourth-order valence-corrected chi connectivity index (χ4v) is 3.29. The number of hydrogen-bond acceptors (Lipinski definition) is 4. The summed E-state index contributed by atoms with van der Waals surface area (Å²) < 4.78 is 45.9. The molecule has 7 heteroatoms. The largest absolute Gasteiger partial charge is 0.380 e. The lowest BCUT2D eigenvalue weighted by Gasteiger charge is -2.16. The standard InChI is InChI=1S/C13H21FN2O3S/c1-4-19-8-9(2)16-20(17,18)13-6-11(7-15)5-12(14)10(13)3/h5-6,9,16H,4,7-8,15H2,1-3H3. The molecule has 0 radical (unpaired) electrons. The highest BCUT2D eigenvalue weighted by Gasteiger charge is 2.22. The van der Waals surface area contributed by atoms with E-state index in [-0.39, 0.29) is 23.6 Å². The van der Waals surface area contributed by atoms with Crippen LogP contribution in [0.2, 0.25) is 0 Å². The molecule has 0 fully saturated rings. The van der Waals surface area contributed by atoms with Gasteiger partial charge in [-0.25, -0.2) is 17.5 Å². The fraction of sp³-hybridized carbons (Fsp3) is 0.538. The van der Waals surface area contributed by atoms with E-state index in [2.05, 4.69) is 4.72 Å². The lowest BCUT2D eigenvalue weighted by atomic mass is 10.1. The van der Waals surface area contributed by atoms with Gasteiger partial charge in [0.2, 0.25) is 10.0 Å². The number of hydrogen-bond donors (Lipinski definition) is 2. The molecule has 1 unspecified atom stereocenters. The average Bonchev–Trinajstić information content (AvgIpc) is 2.38. The van der Waals surface area contributed by atoms with E-state index in [4.69, 9.17) is 10.5 Å². The number of rotatable bonds is 7. The first-order valence-corrected chi connectivity index (χ1v) is 7.89. The molecule has 0 saturated carbocycles. The molecular weight excluding hydrogens is 283 g/mol. The molecule has 0 aliphatic rings. The van der Waals surface area contributed by atoms with Gasteiger partial charge in [0.1, 0.15) is 5.82 Å². The second kappa shape index (κ2) is 7.12. The Hall–Kier alpha value is -1.02. The molecule has 1 rings (SSSR count). The van der Waals surface area contributed by atoms with Crippen molar-refractivity contribution in [2.75, 3.05) is 13.2 Å². The average molecular weight is 304 g/mol. The zero-order valence-corrected chi connectivity index (χ0v) is 12.8. The van der Waals surface area contributed by atoms with Crippen molar-refractivity contribution in [2.45, 2.75) is 38.3 Å². The highest BCUT2D eigenvalue weighted by atomic mass is 32.2. The first-order chi connectivity index (χ1) is 9.31. The van der Waals surface area contributed by atoms with Crippen LogP contribution >= 0.6 is 0 Å². The van der Waals surface area contributed by atoms with Crippen molar-refractivity contribution in [1.29, 1.82) is 0 Å². The van der Waals surface area contributed by atoms with Crippen molar-refractivity contribution in [3.63, 3.8) is 0 Å². The van der Waals surface area contributed by atoms with Gasteiger partial charge in [-0.3, -0.25) is 0 Å². The molecule has 0 aromatic heterocycles. The van der Waals surface area contributed by atoms with Crippen LogP contribution < -0.4 is 10.5 Å². The summed E-state index contributed by atoms with van der Waals surface area (Å²) in [6.45, 7) is 5.78. The van der Waals surface area contributed by atoms with Crippen molar-refractivity contribution in [3.05, 3.63) is 29.1 Å². The second-order valence-corrected chi connectivity index (χ2v) is 6.27. The van der Waals surface area contributed by atoms with Crippen LogP contribution in [0.1, 0.15) is 25.0 Å². The number of sulfonamides is 1. The summed E-state index contributed by atoms with van der Waals surface area (Å²) >= 11 is 0. The second-order valence-electron chi connectivity index (χ2n) is 4.59. The SMILES string of the molecule is CCOCC(C)NS(=O)(=O)c1cc(CN)cc(F)c1C. The molecule has 0 aliphatic heterocycles. The van der Waals surface area contributed by atoms with Gasteiger partial charge in [-0.05, 0) is 38.5 Å². The van der Waals surface area contributed by atoms with E-state index >= 15 is 0 Å². The minimum atomic E-state index is -3.80. The van der Waals surface area contributed by atoms with E-state index in [0.717, 1.165) is 0 Å². The Balaban J connectivity index is 3.06. The van der Waals surface area contributed by atoms with Crippen LogP contribution in [0.4, 0.5) is 4.39 Å². The number of nitrogens with two attached hydrogens (primary N) is 1. The van der Waals surface area contributed by atoms with Crippen molar-refractivity contribution in [3.8, 4) is 0 Å². The first-order valence-electron chi connectivity index (χ1n) is 6.41. The Labute approximate surface area is 119 Å². The van der Waals surface area contributed by atoms with Crippen LogP contribution in [-0.2, 0) is 21.3 Å². The summed E-state index contributed by atoms with van der Waals surface area (Å²) in [6.07, 6.45) is 0. The summed E-state index contributed by atoms with van der Waals surface area (Å²) in [4.78, 5) is -0.0821. The molecule has 1 aromatic rings. The highest BCUT2D eigenvalue weighted by Crippen LogP contribution is 2.20. The zero-order chi connectivity index (χ0) is 15.3. The quantitative estimate of drug-likeness (QED) is 0.795. The molecule has 0 aliphatic carbocycles. The van der Waals surface area contributed by atoms with E-state index < -0.39 is 21.9 Å². The summed E-state index contributed by atoms with van der Waals surface area (Å²) in [5.74, 6) is -0.578. The molecule has 0 bridgehead atoms. The third-order valence-corrected chi connectivity index (χ3v) is 4.53. The molecule has 20 heavy (non-hydrogen) atoms. The Kier molecular flexibility index (Phi) is 6.07. The van der Waals surface area contributed by atoms with Crippen LogP contribution in [0.5, 0.6) is 0 Å². The van der Waals surface area contributed by atoms with E-state index in [0.29, 0.717) is 12.2 Å². The number of benzene rings is 1. The molecule has 5 nitrogen and oxygen atoms in total. The third-order valence-electron chi connectivity index (χ3n) is 2.81. The van der Waals surface area contributed by atoms with Crippen molar-refractivity contribution >= 4 is 10.0 Å². The van der Waals surface area contributed by atoms with Crippen LogP contribution in [-0.4, -0.2) is 27.7 Å². The molecule has 3 N–H and O–H groups in total. The van der Waals surface area contributed by atoms with E-state index in [9.17, 15) is 12.8 Å². The molecule has 1 aromatic carbocycles. The van der Waals surface area contributed by atoms with E-state index in [1.165, 1.54) is 19.1 Å². The number of halogens is 1. The van der Waals surface area contributed by atoms with Gasteiger partial charge in [-0.15, -0.1) is 0 Å². The maximum Gasteiger partial charge on any atom is 0.241 e. The predicted molar refractivity (Wildman–Crippen MR) is 75.3 cm³/mol. The van der Waals surface area contributed by atoms with Gasteiger partial charge in [0, 0.05) is 24.8 Å². The minimum absolute atomic E-state index is 0.0776. The fourth-order valence-electron chi connectivity index (χ4n) is 1.76. The summed E-state index contributed by atoms with van der Waals surface area (Å²) in [6, 6.07) is 2.25. The minimum Gasteiger partial charge on any atom is -0.380 e. The van der Waals surface area contributed by atoms with Gasteiger partial charge < -0.3 is 10.5 Å². The first kappa shape index (κ1) is 17.0. The molecular formula is C13H21FN2O3S. The van der Waals surface area contributed by atoms with Crippen LogP contribution in [0.15, 0.2) is 17.0 Å². The number of ether oxygens (including phenoxy) is 1. The smallest absolute Gasteiger partial charge is 0.241 e. The summed E-state index contributed by atoms with van der Waals surface area (Å²) in [7, 11) is -3.80. The Morgan fingerprint density at radius 2 is 2.10 bits per heavy atom. The predicted octanol–water partition coefficient (Wildman–Crippen LogP) is 1.30. The van der Waals surface area contributed by atoms with Crippen molar-refractivity contribution < 1.29 is 17.5 Å². The summed E-state index contributed by atoms with van der Waals surface area (Å²) in [5, 5.41) is 0. The van der Waals surface area contributed by atoms with Gasteiger partial charge in [-0.2, -0.15) is 0 Å². The maximum absolute atomic E-state index is 13.7. The molecule has 114 valence electrons. The van der Waals surface area contributed by atoms with E-state index in [1.54, 1.807) is 6.92 Å². The van der Waals surface area contributed by atoms with Crippen molar-refractivity contribution in [2.24, 2.45) is 5.73 Å². The lowest BCUT2D eigenvalue weighted by Crippen LogP contribution is -2.36. The molecule has 0 amide bonds. The van der Waals surface area contributed by atoms with Gasteiger partial charge >= 0.3 is 0 Å². The Bertz CT molecular complexity index is 561. The lowest BCUT2D eigenvalue weighted by molar-refractivity contribution is 0.133. The van der Waals surface area contributed by atoms with Gasteiger partial charge in [0.15, 0.2) is 0 Å². The number of nitrogens with one attached hydrogen (secondary N) is 1. The van der Waals surface area contributed by atoms with Gasteiger partial charge in [0.05, 0.1) is 11.5 Å². The third kappa shape index (κ3) is 4.24. The van der Waals surface area contributed by atoms with Crippen LogP contribution in [0, 0.1) is 12.7 Å². The topological polar surface area (TPSA) is 81.4 Å². The van der Waals surface area contributed by atoms with Crippen molar-refractivity contribution in [1.82, 2.24) is 4.72 Å². The molecule has 0 spiro atoms. The molecule has 0 heterocycles. The summed E-state index contributed by atoms with van der Waals surface area (Å²) in [5.41, 5.74) is 5.96. The van der Waals surface area contributed by atoms with Crippen LogP contribution in [0.25, 0.3) is 0 Å². The highest BCUT2D eigenvalue weighted by molar-refractivity contribution is 7.89. The van der Waals surface area contributed by atoms with Gasteiger partial charge in [0.25, 0.3) is 0 Å². The maximum atomic E-state index is 13.7. The zero-order valence-electron chi connectivity index (χ0n) is 11.9. The molecule has 1 atom stereocenters.